The molecule has 0 saturated carbocycles. The second-order valence-electron chi connectivity index (χ2n) is 7.93. The number of nitrogens with two attached hydrogens (primary N) is 1. The summed E-state index contributed by atoms with van der Waals surface area (Å²) in [7, 11) is 0. The summed E-state index contributed by atoms with van der Waals surface area (Å²) in [4.78, 5) is 26.1. The smallest absolute Gasteiger partial charge is 0.318 e. The van der Waals surface area contributed by atoms with Crippen molar-refractivity contribution in [3.8, 4) is 11.3 Å². The highest BCUT2D eigenvalue weighted by Gasteiger charge is 2.35. The van der Waals surface area contributed by atoms with E-state index in [0.717, 1.165) is 16.7 Å². The Morgan fingerprint density at radius 3 is 2.48 bits per heavy atom. The summed E-state index contributed by atoms with van der Waals surface area (Å²) >= 11 is 0. The molecule has 0 unspecified atom stereocenters. The molecular weight excluding hydrogens is 380 g/mol. The Kier molecular flexibility index (Phi) is 5.34. The third kappa shape index (κ3) is 3.94. The molecule has 9 heteroatoms. The zero-order chi connectivity index (χ0) is 21.5. The number of fused-ring (bicyclic) bond motifs is 1. The minimum Gasteiger partial charge on any atom is -0.365 e. The number of aryl methyl sites for hydroxylation is 2. The molecule has 1 aromatic carbocycles. The largest absolute Gasteiger partial charge is 0.365 e. The van der Waals surface area contributed by atoms with E-state index in [2.05, 4.69) is 10.4 Å². The molecule has 3 N–H and O–H groups in total. The minimum atomic E-state index is -2.71. The average Bonchev–Trinajstić information content (AvgIpc) is 3.02. The van der Waals surface area contributed by atoms with Gasteiger partial charge in [-0.25, -0.2) is 13.6 Å². The lowest BCUT2D eigenvalue weighted by molar-refractivity contribution is 0.0515. The number of nitrogens with zero attached hydrogens (tertiary/aromatic N) is 3. The number of hydrogen-bond acceptors (Lipinski definition) is 3. The van der Waals surface area contributed by atoms with Crippen molar-refractivity contribution in [3.05, 3.63) is 40.6 Å². The number of nitrogens with one attached hydrogen (secondary N) is 1. The van der Waals surface area contributed by atoms with E-state index in [1.165, 1.54) is 18.7 Å². The highest BCUT2D eigenvalue weighted by atomic mass is 19.3. The molecule has 0 bridgehead atoms. The first-order chi connectivity index (χ1) is 13.5. The molecule has 2 aromatic rings. The molecule has 0 spiro atoms. The van der Waals surface area contributed by atoms with Crippen molar-refractivity contribution in [2.75, 3.05) is 6.54 Å². The summed E-state index contributed by atoms with van der Waals surface area (Å²) < 4.78 is 27.8. The zero-order valence-corrected chi connectivity index (χ0v) is 16.9. The first kappa shape index (κ1) is 20.8. The van der Waals surface area contributed by atoms with Crippen LogP contribution in [0.5, 0.6) is 0 Å². The Labute approximate surface area is 167 Å². The van der Waals surface area contributed by atoms with Gasteiger partial charge in [0.25, 0.3) is 12.3 Å². The molecule has 0 radical (unpaired) electrons. The normalized spacial score (nSPS) is 14.1. The fourth-order valence-electron chi connectivity index (χ4n) is 3.25. The van der Waals surface area contributed by atoms with Gasteiger partial charge in [-0.15, -0.1) is 0 Å². The Bertz CT molecular complexity index is 968. The lowest BCUT2D eigenvalue weighted by Gasteiger charge is -2.32. The van der Waals surface area contributed by atoms with Crippen molar-refractivity contribution in [1.29, 1.82) is 0 Å². The molecule has 0 atom stereocenters. The third-order valence-corrected chi connectivity index (χ3v) is 5.27. The van der Waals surface area contributed by atoms with Crippen molar-refractivity contribution in [3.63, 3.8) is 0 Å². The van der Waals surface area contributed by atoms with Crippen LogP contribution in [0.25, 0.3) is 11.3 Å². The Morgan fingerprint density at radius 1 is 1.21 bits per heavy atom. The van der Waals surface area contributed by atoms with Gasteiger partial charge >= 0.3 is 6.03 Å². The van der Waals surface area contributed by atoms with Crippen LogP contribution >= 0.6 is 0 Å². The topological polar surface area (TPSA) is 93.2 Å². The van der Waals surface area contributed by atoms with Crippen molar-refractivity contribution >= 4 is 11.9 Å². The average molecular weight is 405 g/mol. The first-order valence-corrected chi connectivity index (χ1v) is 9.33. The summed E-state index contributed by atoms with van der Waals surface area (Å²) in [5.41, 5.74) is 8.13. The number of carbonyl (C=O) groups excluding carboxylic acids is 2. The van der Waals surface area contributed by atoms with Gasteiger partial charge < -0.3 is 16.0 Å². The molecule has 3 amide bonds. The summed E-state index contributed by atoms with van der Waals surface area (Å²) in [6, 6.07) is 5.13. The number of benzene rings is 1. The highest BCUT2D eigenvalue weighted by molar-refractivity contribution is 6.00. The van der Waals surface area contributed by atoms with Gasteiger partial charge in [0.2, 0.25) is 0 Å². The summed E-state index contributed by atoms with van der Waals surface area (Å²) in [5, 5.41) is 6.90. The molecule has 1 aliphatic rings. The molecule has 2 heterocycles. The Morgan fingerprint density at radius 2 is 1.90 bits per heavy atom. The molecule has 3 rings (SSSR count). The number of amides is 3. The van der Waals surface area contributed by atoms with Crippen LogP contribution in [0.2, 0.25) is 0 Å². The van der Waals surface area contributed by atoms with Crippen LogP contribution in [0, 0.1) is 13.8 Å². The molecule has 0 saturated heterocycles. The number of primary amides is 1. The van der Waals surface area contributed by atoms with Gasteiger partial charge in [-0.2, -0.15) is 5.10 Å². The molecule has 156 valence electrons. The number of halogens is 2. The van der Waals surface area contributed by atoms with Gasteiger partial charge in [-0.05, 0) is 44.9 Å². The predicted molar refractivity (Wildman–Crippen MR) is 105 cm³/mol. The van der Waals surface area contributed by atoms with Crippen LogP contribution in [0.1, 0.15) is 41.0 Å². The van der Waals surface area contributed by atoms with Crippen LogP contribution < -0.4 is 11.1 Å². The van der Waals surface area contributed by atoms with Gasteiger partial charge in [0.1, 0.15) is 5.69 Å². The lowest BCUT2D eigenvalue weighted by atomic mass is 10.0. The number of hydrogen-bond donors (Lipinski definition) is 2. The van der Waals surface area contributed by atoms with Crippen LogP contribution in [0.3, 0.4) is 0 Å². The summed E-state index contributed by atoms with van der Waals surface area (Å²) in [6.45, 7) is 7.15. The second-order valence-corrected chi connectivity index (χ2v) is 7.93. The van der Waals surface area contributed by atoms with E-state index < -0.39 is 23.9 Å². The van der Waals surface area contributed by atoms with Gasteiger partial charge in [-0.1, -0.05) is 12.1 Å². The zero-order valence-electron chi connectivity index (χ0n) is 16.9. The van der Waals surface area contributed by atoms with Crippen molar-refractivity contribution in [2.45, 2.75) is 52.7 Å². The maximum Gasteiger partial charge on any atom is 0.318 e. The first-order valence-electron chi connectivity index (χ1n) is 9.33. The van der Waals surface area contributed by atoms with Crippen molar-refractivity contribution < 1.29 is 18.4 Å². The fourth-order valence-corrected chi connectivity index (χ4v) is 3.25. The van der Waals surface area contributed by atoms with Crippen molar-refractivity contribution in [1.82, 2.24) is 20.0 Å². The molecular formula is C20H25F2N5O2. The number of rotatable bonds is 4. The van der Waals surface area contributed by atoms with E-state index in [4.69, 9.17) is 5.73 Å². The monoisotopic (exact) mass is 405 g/mol. The van der Waals surface area contributed by atoms with E-state index >= 15 is 0 Å². The van der Waals surface area contributed by atoms with Gasteiger partial charge in [0, 0.05) is 12.1 Å². The molecule has 1 aliphatic heterocycles. The van der Waals surface area contributed by atoms with Crippen LogP contribution in [-0.4, -0.2) is 45.1 Å². The predicted octanol–water partition coefficient (Wildman–Crippen LogP) is 2.83. The second kappa shape index (κ2) is 7.46. The van der Waals surface area contributed by atoms with Crippen LogP contribution in [-0.2, 0) is 13.1 Å². The minimum absolute atomic E-state index is 0.0568. The standard InChI is InChI=1S/C20H25F2N5O2/c1-11-5-6-13(9-12(11)2)16-15(17(23)28)14-10-26(7-8-27(14)25-16)19(29)24-20(3,4)18(21)22/h5-6,9,18H,7-8,10H2,1-4H3,(H2,23,28)(H,24,29). The maximum absolute atomic E-state index is 13.1. The van der Waals surface area contributed by atoms with E-state index in [1.54, 1.807) is 4.68 Å². The van der Waals surface area contributed by atoms with E-state index in [9.17, 15) is 18.4 Å². The molecule has 0 fully saturated rings. The fraction of sp³-hybridized carbons (Fsp3) is 0.450. The molecule has 1 aromatic heterocycles. The number of carbonyl (C=O) groups is 2. The van der Waals surface area contributed by atoms with Crippen LogP contribution in [0.4, 0.5) is 13.6 Å². The van der Waals surface area contributed by atoms with Gasteiger partial charge in [0.15, 0.2) is 0 Å². The Balaban J connectivity index is 1.94. The van der Waals surface area contributed by atoms with E-state index in [1.807, 2.05) is 32.0 Å². The number of urea groups is 1. The van der Waals surface area contributed by atoms with Crippen molar-refractivity contribution in [2.24, 2.45) is 5.73 Å². The SMILES string of the molecule is Cc1ccc(-c2nn3c(c2C(N)=O)CN(C(=O)NC(C)(C)C(F)F)CC3)cc1C. The molecule has 7 nitrogen and oxygen atoms in total. The van der Waals surface area contributed by atoms with Crippen LogP contribution in [0.15, 0.2) is 18.2 Å². The van der Waals surface area contributed by atoms with E-state index in [0.29, 0.717) is 17.9 Å². The summed E-state index contributed by atoms with van der Waals surface area (Å²) in [6.07, 6.45) is -2.71. The van der Waals surface area contributed by atoms with Gasteiger partial charge in [0.05, 0.1) is 29.9 Å². The maximum atomic E-state index is 13.1. The highest BCUT2D eigenvalue weighted by Crippen LogP contribution is 2.29. The molecule has 0 aliphatic carbocycles. The summed E-state index contributed by atoms with van der Waals surface area (Å²) in [5.74, 6) is -0.644. The quantitative estimate of drug-likeness (QED) is 0.819. The number of aromatic nitrogens is 2. The third-order valence-electron chi connectivity index (χ3n) is 5.27. The lowest BCUT2D eigenvalue weighted by Crippen LogP contribution is -2.55. The van der Waals surface area contributed by atoms with E-state index in [-0.39, 0.29) is 18.7 Å². The molecule has 29 heavy (non-hydrogen) atoms. The van der Waals surface area contributed by atoms with Gasteiger partial charge in [-0.3, -0.25) is 9.48 Å². The number of alkyl halides is 2. The Hall–Kier alpha value is -2.97.